The summed E-state index contributed by atoms with van der Waals surface area (Å²) in [6, 6.07) is 5.90. The van der Waals surface area contributed by atoms with Gasteiger partial charge in [-0.15, -0.1) is 0 Å². The lowest BCUT2D eigenvalue weighted by Crippen LogP contribution is -2.54. The second-order valence-electron chi connectivity index (χ2n) is 8.48. The van der Waals surface area contributed by atoms with E-state index in [0.717, 1.165) is 85.0 Å². The van der Waals surface area contributed by atoms with Gasteiger partial charge in [0.05, 0.1) is 11.4 Å². The number of carbonyl (C=O) groups excluding carboxylic acids is 1. The summed E-state index contributed by atoms with van der Waals surface area (Å²) in [6.45, 7) is 7.58. The number of benzene rings is 1. The summed E-state index contributed by atoms with van der Waals surface area (Å²) in [5.41, 5.74) is 5.08. The van der Waals surface area contributed by atoms with Crippen LogP contribution in [0.4, 0.5) is 5.69 Å². The Kier molecular flexibility index (Phi) is 6.67. The molecule has 166 valence electrons. The van der Waals surface area contributed by atoms with Gasteiger partial charge < -0.3 is 15.2 Å². The van der Waals surface area contributed by atoms with Gasteiger partial charge in [0, 0.05) is 37.4 Å². The lowest BCUT2D eigenvalue weighted by molar-refractivity contribution is -0.113. The average Bonchev–Trinajstić information content (AvgIpc) is 2.76. The van der Waals surface area contributed by atoms with Crippen LogP contribution in [0, 0.1) is 13.8 Å². The highest BCUT2D eigenvalue weighted by molar-refractivity contribution is 8.00. The predicted octanol–water partition coefficient (Wildman–Crippen LogP) is 2.35. The Morgan fingerprint density at radius 1 is 1.13 bits per heavy atom. The first kappa shape index (κ1) is 21.9. The number of rotatable bonds is 5. The van der Waals surface area contributed by atoms with E-state index in [0.29, 0.717) is 0 Å². The zero-order chi connectivity index (χ0) is 22.0. The number of aryl methyl sites for hydroxylation is 1. The first-order valence-corrected chi connectivity index (χ1v) is 12.0. The minimum absolute atomic E-state index is 0.0756. The van der Waals surface area contributed by atoms with Gasteiger partial charge in [-0.2, -0.15) is 4.98 Å². The van der Waals surface area contributed by atoms with Crippen LogP contribution < -0.4 is 16.0 Å². The molecule has 1 aliphatic carbocycles. The van der Waals surface area contributed by atoms with Gasteiger partial charge in [0.2, 0.25) is 5.91 Å². The van der Waals surface area contributed by atoms with E-state index in [-0.39, 0.29) is 17.3 Å². The number of piperazine rings is 1. The number of hydrogen-bond acceptors (Lipinski definition) is 6. The van der Waals surface area contributed by atoms with Crippen molar-refractivity contribution in [2.24, 2.45) is 0 Å². The van der Waals surface area contributed by atoms with Crippen LogP contribution in [-0.2, 0) is 17.6 Å². The predicted molar refractivity (Wildman–Crippen MR) is 126 cm³/mol. The van der Waals surface area contributed by atoms with Crippen LogP contribution in [0.3, 0.4) is 0 Å². The highest BCUT2D eigenvalue weighted by Gasteiger charge is 2.25. The molecule has 1 aromatic carbocycles. The van der Waals surface area contributed by atoms with Crippen LogP contribution in [0.25, 0.3) is 0 Å². The third kappa shape index (κ3) is 4.80. The molecular formula is C23H31N5O2S. The molecule has 2 heterocycles. The molecule has 0 saturated carbocycles. The zero-order valence-electron chi connectivity index (χ0n) is 18.6. The Balaban J connectivity index is 1.52. The number of amides is 1. The van der Waals surface area contributed by atoms with Gasteiger partial charge in [-0.25, -0.2) is 9.47 Å². The second-order valence-corrected chi connectivity index (χ2v) is 9.45. The van der Waals surface area contributed by atoms with Crippen molar-refractivity contribution in [3.05, 3.63) is 51.1 Å². The van der Waals surface area contributed by atoms with Crippen LogP contribution in [0.1, 0.15) is 35.2 Å². The van der Waals surface area contributed by atoms with E-state index in [1.54, 1.807) is 0 Å². The Morgan fingerprint density at radius 3 is 2.65 bits per heavy atom. The molecule has 1 aliphatic heterocycles. The smallest absolute Gasteiger partial charge is 0.325 e. The lowest BCUT2D eigenvalue weighted by Gasteiger charge is -2.37. The zero-order valence-corrected chi connectivity index (χ0v) is 19.4. The van der Waals surface area contributed by atoms with Gasteiger partial charge in [-0.1, -0.05) is 23.9 Å². The molecule has 0 unspecified atom stereocenters. The Morgan fingerprint density at radius 2 is 1.87 bits per heavy atom. The summed E-state index contributed by atoms with van der Waals surface area (Å²) in [4.78, 5) is 32.3. The molecule has 31 heavy (non-hydrogen) atoms. The van der Waals surface area contributed by atoms with Crippen molar-refractivity contribution in [1.82, 2.24) is 14.6 Å². The fourth-order valence-electron chi connectivity index (χ4n) is 4.28. The van der Waals surface area contributed by atoms with E-state index >= 15 is 0 Å². The monoisotopic (exact) mass is 441 g/mol. The van der Waals surface area contributed by atoms with Gasteiger partial charge in [0.15, 0.2) is 0 Å². The Labute approximate surface area is 187 Å². The third-order valence-corrected chi connectivity index (χ3v) is 7.33. The largest absolute Gasteiger partial charge is 0.367 e. The van der Waals surface area contributed by atoms with Gasteiger partial charge in [-0.3, -0.25) is 4.79 Å². The summed E-state index contributed by atoms with van der Waals surface area (Å²) in [5.74, 6) is 0.165. The number of nitrogens with one attached hydrogen (secondary N) is 1. The molecule has 2 aromatic rings. The third-order valence-electron chi connectivity index (χ3n) is 6.31. The molecule has 7 nitrogen and oxygen atoms in total. The van der Waals surface area contributed by atoms with Crippen molar-refractivity contribution in [2.45, 2.75) is 44.6 Å². The summed E-state index contributed by atoms with van der Waals surface area (Å²) in [6.07, 6.45) is 3.98. The maximum absolute atomic E-state index is 13.0. The number of thioether (sulfide) groups is 1. The number of nitrogens with zero attached hydrogens (tertiary/aromatic N) is 4. The van der Waals surface area contributed by atoms with Crippen LogP contribution in [0.2, 0.25) is 0 Å². The number of anilines is 1. The van der Waals surface area contributed by atoms with E-state index < -0.39 is 0 Å². The van der Waals surface area contributed by atoms with Crippen LogP contribution in [-0.4, -0.2) is 59.4 Å². The molecule has 1 saturated heterocycles. The molecular weight excluding hydrogens is 410 g/mol. The minimum atomic E-state index is -0.220. The number of hydrogen-bond donors (Lipinski definition) is 1. The molecule has 0 bridgehead atoms. The quantitative estimate of drug-likeness (QED) is 0.567. The van der Waals surface area contributed by atoms with E-state index in [2.05, 4.69) is 27.3 Å². The normalized spacial score (nSPS) is 16.8. The SMILES string of the molecule is Cc1cccc(NC(=O)CSc2nc(=O)n(N3CCN(C)CC3)c3c2CCCC3)c1C. The lowest BCUT2D eigenvalue weighted by atomic mass is 9.97. The summed E-state index contributed by atoms with van der Waals surface area (Å²) in [5, 5.41) is 5.86. The van der Waals surface area contributed by atoms with E-state index in [9.17, 15) is 9.59 Å². The molecule has 0 atom stereocenters. The number of fused-ring (bicyclic) bond motifs is 1. The van der Waals surface area contributed by atoms with Gasteiger partial charge in [0.25, 0.3) is 0 Å². The van der Waals surface area contributed by atoms with Crippen LogP contribution in [0.5, 0.6) is 0 Å². The molecule has 2 aliphatic rings. The van der Waals surface area contributed by atoms with Gasteiger partial charge in [0.1, 0.15) is 5.03 Å². The number of aromatic nitrogens is 2. The van der Waals surface area contributed by atoms with Crippen molar-refractivity contribution in [3.63, 3.8) is 0 Å². The summed E-state index contributed by atoms with van der Waals surface area (Å²) >= 11 is 1.38. The average molecular weight is 442 g/mol. The van der Waals surface area contributed by atoms with Crippen LogP contribution >= 0.6 is 11.8 Å². The fraction of sp³-hybridized carbons (Fsp3) is 0.522. The maximum Gasteiger partial charge on any atom is 0.367 e. The van der Waals surface area contributed by atoms with Crippen molar-refractivity contribution in [2.75, 3.05) is 49.3 Å². The minimum Gasteiger partial charge on any atom is -0.325 e. The number of likely N-dealkylation sites (N-methyl/N-ethyl adjacent to an activating group) is 1. The molecule has 1 N–H and O–H groups in total. The molecule has 0 radical (unpaired) electrons. The molecule has 1 amide bonds. The van der Waals surface area contributed by atoms with Crippen molar-refractivity contribution >= 4 is 23.4 Å². The second kappa shape index (κ2) is 9.44. The highest BCUT2D eigenvalue weighted by atomic mass is 32.2. The molecule has 4 rings (SSSR count). The molecule has 1 fully saturated rings. The van der Waals surface area contributed by atoms with E-state index in [4.69, 9.17) is 0 Å². The van der Waals surface area contributed by atoms with Crippen molar-refractivity contribution < 1.29 is 4.79 Å². The first-order chi connectivity index (χ1) is 14.9. The number of carbonyl (C=O) groups is 1. The molecule has 1 aromatic heterocycles. The van der Waals surface area contributed by atoms with Crippen molar-refractivity contribution in [1.29, 1.82) is 0 Å². The molecule has 0 spiro atoms. The van der Waals surface area contributed by atoms with Gasteiger partial charge >= 0.3 is 5.69 Å². The van der Waals surface area contributed by atoms with Gasteiger partial charge in [-0.05, 0) is 63.8 Å². The first-order valence-electron chi connectivity index (χ1n) is 11.0. The maximum atomic E-state index is 13.0. The van der Waals surface area contributed by atoms with E-state index in [1.807, 2.05) is 36.7 Å². The molecule has 8 heteroatoms. The van der Waals surface area contributed by atoms with E-state index in [1.165, 1.54) is 11.8 Å². The summed E-state index contributed by atoms with van der Waals surface area (Å²) in [7, 11) is 2.11. The van der Waals surface area contributed by atoms with Crippen molar-refractivity contribution in [3.8, 4) is 0 Å². The fourth-order valence-corrected chi connectivity index (χ4v) is 5.16. The summed E-state index contributed by atoms with van der Waals surface area (Å²) < 4.78 is 1.82. The Bertz CT molecular complexity index is 1030. The van der Waals surface area contributed by atoms with Crippen LogP contribution in [0.15, 0.2) is 28.0 Å². The highest BCUT2D eigenvalue weighted by Crippen LogP contribution is 2.29. The Hall–Kier alpha value is -2.32. The standard InChI is InChI=1S/C23H31N5O2S/c1-16-7-6-9-19(17(16)2)24-21(29)15-31-22-18-8-4-5-10-20(18)28(23(30)25-22)27-13-11-26(3)12-14-27/h6-7,9H,4-5,8,10-15H2,1-3H3,(H,24,29). The topological polar surface area (TPSA) is 70.5 Å².